The van der Waals surface area contributed by atoms with E-state index in [2.05, 4.69) is 30.5 Å². The predicted molar refractivity (Wildman–Crippen MR) is 98.8 cm³/mol. The molecule has 25 heavy (non-hydrogen) atoms. The van der Waals surface area contributed by atoms with Gasteiger partial charge in [-0.2, -0.15) is 0 Å². The Kier molecular flexibility index (Phi) is 4.82. The molecule has 4 heterocycles. The zero-order chi connectivity index (χ0) is 17.1. The van der Waals surface area contributed by atoms with Crippen LogP contribution in [0.3, 0.4) is 0 Å². The summed E-state index contributed by atoms with van der Waals surface area (Å²) in [5, 5.41) is 7.29. The van der Waals surface area contributed by atoms with Crippen molar-refractivity contribution in [2.45, 2.75) is 25.4 Å². The number of carbonyl (C=O) groups is 1. The van der Waals surface area contributed by atoms with Gasteiger partial charge in [0.05, 0.1) is 22.9 Å². The SMILES string of the molecule is O=C(Nc1nccs1)c1cccc([C@@H]2CCCN2Cc2cscn2)n1. The predicted octanol–water partition coefficient (Wildman–Crippen LogP) is 3.58. The lowest BCUT2D eigenvalue weighted by Gasteiger charge is -2.23. The zero-order valence-corrected chi connectivity index (χ0v) is 15.1. The standard InChI is InChI=1S/C17H17N5OS2/c23-16(21-17-18-6-8-25-17)14-4-1-3-13(20-14)15-5-2-7-22(15)9-12-10-24-11-19-12/h1,3-4,6,8,10-11,15H,2,5,7,9H2,(H,18,21,23)/t15-/m0/s1. The number of pyridine rings is 1. The van der Waals surface area contributed by atoms with E-state index in [1.54, 1.807) is 23.6 Å². The number of aromatic nitrogens is 3. The minimum Gasteiger partial charge on any atom is -0.296 e. The molecule has 0 aliphatic carbocycles. The Labute approximate surface area is 153 Å². The molecule has 1 N–H and O–H groups in total. The van der Waals surface area contributed by atoms with Crippen LogP contribution in [0.15, 0.2) is 40.7 Å². The first-order chi connectivity index (χ1) is 12.3. The fourth-order valence-corrected chi connectivity index (χ4v) is 4.16. The Morgan fingerprint density at radius 2 is 2.32 bits per heavy atom. The van der Waals surface area contributed by atoms with E-state index in [4.69, 9.17) is 0 Å². The number of nitrogens with zero attached hydrogens (tertiary/aromatic N) is 4. The van der Waals surface area contributed by atoms with Gasteiger partial charge in [0.1, 0.15) is 5.69 Å². The third kappa shape index (κ3) is 3.76. The first-order valence-corrected chi connectivity index (χ1v) is 9.91. The van der Waals surface area contributed by atoms with Crippen molar-refractivity contribution in [3.63, 3.8) is 0 Å². The van der Waals surface area contributed by atoms with Crippen molar-refractivity contribution >= 4 is 33.7 Å². The Morgan fingerprint density at radius 1 is 1.36 bits per heavy atom. The van der Waals surface area contributed by atoms with Gasteiger partial charge in [-0.1, -0.05) is 6.07 Å². The van der Waals surface area contributed by atoms with Crippen molar-refractivity contribution in [2.75, 3.05) is 11.9 Å². The number of rotatable bonds is 5. The molecule has 0 bridgehead atoms. The van der Waals surface area contributed by atoms with E-state index < -0.39 is 0 Å². The summed E-state index contributed by atoms with van der Waals surface area (Å²) in [4.78, 5) is 27.9. The molecular weight excluding hydrogens is 354 g/mol. The summed E-state index contributed by atoms with van der Waals surface area (Å²) in [5.41, 5.74) is 4.32. The molecule has 1 aliphatic heterocycles. The van der Waals surface area contributed by atoms with Gasteiger partial charge in [-0.15, -0.1) is 22.7 Å². The molecule has 1 saturated heterocycles. The van der Waals surface area contributed by atoms with E-state index in [1.165, 1.54) is 11.3 Å². The van der Waals surface area contributed by atoms with Gasteiger partial charge in [0, 0.05) is 23.5 Å². The van der Waals surface area contributed by atoms with Gasteiger partial charge in [-0.3, -0.25) is 15.0 Å². The molecule has 128 valence electrons. The van der Waals surface area contributed by atoms with Gasteiger partial charge < -0.3 is 0 Å². The lowest BCUT2D eigenvalue weighted by molar-refractivity contribution is 0.102. The molecule has 1 atom stereocenters. The third-order valence-electron chi connectivity index (χ3n) is 4.21. The van der Waals surface area contributed by atoms with Crippen molar-refractivity contribution < 1.29 is 4.79 Å². The van der Waals surface area contributed by atoms with Crippen molar-refractivity contribution in [3.05, 3.63) is 57.7 Å². The van der Waals surface area contributed by atoms with E-state index in [9.17, 15) is 4.79 Å². The molecule has 0 radical (unpaired) electrons. The molecule has 3 aromatic rings. The number of carbonyl (C=O) groups excluding carboxylic acids is 1. The average molecular weight is 371 g/mol. The van der Waals surface area contributed by atoms with Crippen LogP contribution in [-0.4, -0.2) is 32.3 Å². The van der Waals surface area contributed by atoms with Crippen molar-refractivity contribution in [3.8, 4) is 0 Å². The summed E-state index contributed by atoms with van der Waals surface area (Å²) in [7, 11) is 0. The Morgan fingerprint density at radius 3 is 3.12 bits per heavy atom. The van der Waals surface area contributed by atoms with Crippen LogP contribution in [0.4, 0.5) is 5.13 Å². The maximum Gasteiger partial charge on any atom is 0.276 e. The topological polar surface area (TPSA) is 71.0 Å². The fraction of sp³-hybridized carbons (Fsp3) is 0.294. The summed E-state index contributed by atoms with van der Waals surface area (Å²) in [6.45, 7) is 1.85. The summed E-state index contributed by atoms with van der Waals surface area (Å²) in [5.74, 6) is -0.221. The zero-order valence-electron chi connectivity index (χ0n) is 13.5. The van der Waals surface area contributed by atoms with Gasteiger partial charge in [-0.25, -0.2) is 15.0 Å². The van der Waals surface area contributed by atoms with Crippen LogP contribution < -0.4 is 5.32 Å². The Hall–Kier alpha value is -2.16. The second-order valence-corrected chi connectivity index (χ2v) is 7.46. The van der Waals surface area contributed by atoms with Gasteiger partial charge in [0.2, 0.25) is 0 Å². The first kappa shape index (κ1) is 16.3. The second-order valence-electron chi connectivity index (χ2n) is 5.85. The molecule has 0 spiro atoms. The van der Waals surface area contributed by atoms with Gasteiger partial charge in [0.15, 0.2) is 5.13 Å². The van der Waals surface area contributed by atoms with Gasteiger partial charge in [-0.05, 0) is 31.5 Å². The van der Waals surface area contributed by atoms with E-state index in [1.807, 2.05) is 23.0 Å². The summed E-state index contributed by atoms with van der Waals surface area (Å²) < 4.78 is 0. The van der Waals surface area contributed by atoms with E-state index in [0.29, 0.717) is 10.8 Å². The maximum absolute atomic E-state index is 12.4. The van der Waals surface area contributed by atoms with E-state index in [-0.39, 0.29) is 11.9 Å². The second kappa shape index (κ2) is 7.38. The minimum atomic E-state index is -0.221. The molecule has 4 rings (SSSR count). The summed E-state index contributed by atoms with van der Waals surface area (Å²) >= 11 is 3.01. The lowest BCUT2D eigenvalue weighted by atomic mass is 10.1. The van der Waals surface area contributed by atoms with Crippen LogP contribution in [0.25, 0.3) is 0 Å². The summed E-state index contributed by atoms with van der Waals surface area (Å²) in [6.07, 6.45) is 3.85. The largest absolute Gasteiger partial charge is 0.296 e. The van der Waals surface area contributed by atoms with Crippen molar-refractivity contribution in [1.82, 2.24) is 19.9 Å². The van der Waals surface area contributed by atoms with E-state index >= 15 is 0 Å². The monoisotopic (exact) mass is 371 g/mol. The Balaban J connectivity index is 1.51. The summed E-state index contributed by atoms with van der Waals surface area (Å²) in [6, 6.07) is 5.88. The molecule has 0 aromatic carbocycles. The molecule has 0 saturated carbocycles. The molecule has 6 nitrogen and oxygen atoms in total. The average Bonchev–Trinajstić information content (AvgIpc) is 3.38. The lowest BCUT2D eigenvalue weighted by Crippen LogP contribution is -2.24. The molecule has 1 aliphatic rings. The van der Waals surface area contributed by atoms with Gasteiger partial charge >= 0.3 is 0 Å². The highest BCUT2D eigenvalue weighted by Gasteiger charge is 2.28. The molecule has 3 aromatic heterocycles. The number of amides is 1. The Bertz CT molecular complexity index is 835. The molecule has 8 heteroatoms. The van der Waals surface area contributed by atoms with Crippen molar-refractivity contribution in [1.29, 1.82) is 0 Å². The van der Waals surface area contributed by atoms with Crippen LogP contribution in [0.1, 0.15) is 40.8 Å². The molecule has 1 amide bonds. The number of likely N-dealkylation sites (tertiary alicyclic amines) is 1. The fourth-order valence-electron chi connectivity index (χ4n) is 3.08. The van der Waals surface area contributed by atoms with Crippen LogP contribution in [-0.2, 0) is 6.54 Å². The number of thiazole rings is 2. The molecule has 0 unspecified atom stereocenters. The number of hydrogen-bond donors (Lipinski definition) is 1. The smallest absolute Gasteiger partial charge is 0.276 e. The molecular formula is C17H17N5OS2. The highest BCUT2D eigenvalue weighted by molar-refractivity contribution is 7.13. The maximum atomic E-state index is 12.4. The third-order valence-corrected chi connectivity index (χ3v) is 5.53. The minimum absolute atomic E-state index is 0.221. The van der Waals surface area contributed by atoms with Crippen molar-refractivity contribution in [2.24, 2.45) is 0 Å². The van der Waals surface area contributed by atoms with Crippen LogP contribution in [0.5, 0.6) is 0 Å². The normalized spacial score (nSPS) is 17.7. The van der Waals surface area contributed by atoms with Crippen LogP contribution >= 0.6 is 22.7 Å². The van der Waals surface area contributed by atoms with E-state index in [0.717, 1.165) is 37.3 Å². The van der Waals surface area contributed by atoms with Crippen LogP contribution in [0, 0.1) is 0 Å². The van der Waals surface area contributed by atoms with Gasteiger partial charge in [0.25, 0.3) is 5.91 Å². The number of anilines is 1. The first-order valence-electron chi connectivity index (χ1n) is 8.08. The highest BCUT2D eigenvalue weighted by atomic mass is 32.1. The quantitative estimate of drug-likeness (QED) is 0.742. The number of hydrogen-bond acceptors (Lipinski definition) is 7. The molecule has 1 fully saturated rings. The van der Waals surface area contributed by atoms with Crippen LogP contribution in [0.2, 0.25) is 0 Å². The number of nitrogens with one attached hydrogen (secondary N) is 1. The highest BCUT2D eigenvalue weighted by Crippen LogP contribution is 2.32.